The van der Waals surface area contributed by atoms with Gasteiger partial charge in [-0.25, -0.2) is 0 Å². The third-order valence-electron chi connectivity index (χ3n) is 9.91. The van der Waals surface area contributed by atoms with E-state index in [1.807, 2.05) is 13.8 Å². The van der Waals surface area contributed by atoms with Gasteiger partial charge in [-0.05, 0) is 108 Å². The molecule has 1 spiro atoms. The van der Waals surface area contributed by atoms with Crippen LogP contribution in [0.1, 0.15) is 96.2 Å². The fourth-order valence-corrected chi connectivity index (χ4v) is 8.31. The summed E-state index contributed by atoms with van der Waals surface area (Å²) in [4.78, 5) is 0. The van der Waals surface area contributed by atoms with Crippen molar-refractivity contribution < 1.29 is 18.9 Å². The highest BCUT2D eigenvalue weighted by molar-refractivity contribution is 5.75. The molecule has 3 aromatic rings. The molecule has 210 valence electrons. The summed E-state index contributed by atoms with van der Waals surface area (Å²) in [6.45, 7) is 17.2. The minimum Gasteiger partial charge on any atom is -0.493 e. The normalized spacial score (nSPS) is 20.1. The number of benzene rings is 3. The van der Waals surface area contributed by atoms with Crippen molar-refractivity contribution in [2.24, 2.45) is 0 Å². The molecule has 0 N–H and O–H groups in total. The fourth-order valence-electron chi connectivity index (χ4n) is 8.31. The Hall–Kier alpha value is -4.16. The van der Waals surface area contributed by atoms with Crippen LogP contribution in [-0.2, 0) is 16.2 Å². The van der Waals surface area contributed by atoms with Crippen LogP contribution in [0.4, 0.5) is 0 Å². The molecule has 0 amide bonds. The first-order valence-corrected chi connectivity index (χ1v) is 14.1. The summed E-state index contributed by atoms with van der Waals surface area (Å²) in [7, 11) is 3.39. The second kappa shape index (κ2) is 8.43. The van der Waals surface area contributed by atoms with Gasteiger partial charge < -0.3 is 18.9 Å². The van der Waals surface area contributed by atoms with E-state index in [0.29, 0.717) is 34.1 Å². The van der Waals surface area contributed by atoms with Crippen LogP contribution in [-0.4, -0.2) is 14.2 Å². The first-order chi connectivity index (χ1) is 19.3. The summed E-state index contributed by atoms with van der Waals surface area (Å²) in [6, 6.07) is 8.85. The van der Waals surface area contributed by atoms with Crippen LogP contribution in [0, 0.1) is 50.4 Å². The van der Waals surface area contributed by atoms with Crippen molar-refractivity contribution >= 4 is 0 Å². The second-order valence-corrected chi connectivity index (χ2v) is 13.2. The minimum atomic E-state index is -0.275. The Morgan fingerprint density at radius 3 is 1.71 bits per heavy atom. The highest BCUT2D eigenvalue weighted by Crippen LogP contribution is 2.67. The lowest BCUT2D eigenvalue weighted by atomic mass is 9.70. The topological polar surface area (TPSA) is 84.5 Å². The maximum absolute atomic E-state index is 10.1. The standard InChI is InChI=1S/C35H36N2O4/c1-17-18(2)22(14-37)32-31(21(17)13-36)40-26-12-24-28(20(4)30(26)41-32)35(16-34(24,7)8)15-33(5,6)23-11-25(38-9)29(39-10)19(3)27(23)35/h11-12H,15-16H2,1-10H3. The fraction of sp³-hybridized carbons (Fsp3) is 0.429. The zero-order chi connectivity index (χ0) is 29.8. The molecule has 1 aliphatic heterocycles. The average molecular weight is 549 g/mol. The molecule has 0 radical (unpaired) electrons. The lowest BCUT2D eigenvalue weighted by molar-refractivity contribution is 0.344. The molecule has 0 fully saturated rings. The SMILES string of the molecule is COc1cc2c(c(C)c1OC)C1(CC2(C)C)CC(C)(C)c2cc3c(c(C)c21)Oc1c(C#N)c(C)c(C)c(C#N)c1O3. The predicted molar refractivity (Wildman–Crippen MR) is 157 cm³/mol. The van der Waals surface area contributed by atoms with Gasteiger partial charge in [0.15, 0.2) is 34.5 Å². The van der Waals surface area contributed by atoms with Crippen molar-refractivity contribution in [3.8, 4) is 46.6 Å². The number of nitriles is 2. The van der Waals surface area contributed by atoms with Crippen LogP contribution in [0.5, 0.6) is 34.5 Å². The third-order valence-corrected chi connectivity index (χ3v) is 9.91. The largest absolute Gasteiger partial charge is 0.493 e. The molecule has 1 unspecified atom stereocenters. The molecule has 3 aromatic carbocycles. The van der Waals surface area contributed by atoms with Crippen molar-refractivity contribution in [2.75, 3.05) is 14.2 Å². The van der Waals surface area contributed by atoms with Gasteiger partial charge >= 0.3 is 0 Å². The summed E-state index contributed by atoms with van der Waals surface area (Å²) < 4.78 is 24.8. The molecule has 1 atom stereocenters. The molecular formula is C35H36N2O4. The molecule has 2 aliphatic carbocycles. The highest BCUT2D eigenvalue weighted by atomic mass is 16.6. The molecule has 1 heterocycles. The molecule has 3 aliphatic rings. The summed E-state index contributed by atoms with van der Waals surface area (Å²) in [5, 5.41) is 20.1. The van der Waals surface area contributed by atoms with Gasteiger partial charge in [0.1, 0.15) is 23.3 Å². The van der Waals surface area contributed by atoms with Crippen molar-refractivity contribution in [2.45, 2.75) is 84.5 Å². The molecule has 41 heavy (non-hydrogen) atoms. The van der Waals surface area contributed by atoms with E-state index >= 15 is 0 Å². The summed E-state index contributed by atoms with van der Waals surface area (Å²) in [5.41, 5.74) is 8.92. The predicted octanol–water partition coefficient (Wildman–Crippen LogP) is 8.23. The summed E-state index contributed by atoms with van der Waals surface area (Å²) >= 11 is 0. The van der Waals surface area contributed by atoms with Crippen LogP contribution in [0.2, 0.25) is 0 Å². The van der Waals surface area contributed by atoms with Gasteiger partial charge in [0.05, 0.1) is 14.2 Å². The molecule has 6 rings (SSSR count). The first kappa shape index (κ1) is 27.0. The summed E-state index contributed by atoms with van der Waals surface area (Å²) in [6.07, 6.45) is 1.85. The molecule has 0 aromatic heterocycles. The lowest BCUT2D eigenvalue weighted by Crippen LogP contribution is -2.28. The van der Waals surface area contributed by atoms with E-state index in [9.17, 15) is 10.5 Å². The van der Waals surface area contributed by atoms with E-state index in [0.717, 1.165) is 46.6 Å². The zero-order valence-electron chi connectivity index (χ0n) is 25.6. The van der Waals surface area contributed by atoms with E-state index in [1.54, 1.807) is 14.2 Å². The van der Waals surface area contributed by atoms with Gasteiger partial charge in [-0.3, -0.25) is 0 Å². The van der Waals surface area contributed by atoms with Crippen molar-refractivity contribution in [3.05, 3.63) is 67.8 Å². The number of methoxy groups -OCH3 is 2. The number of ether oxygens (including phenoxy) is 4. The lowest BCUT2D eigenvalue weighted by Gasteiger charge is -2.33. The Labute approximate surface area is 242 Å². The minimum absolute atomic E-state index is 0.103. The van der Waals surface area contributed by atoms with Crippen LogP contribution >= 0.6 is 0 Å². The number of fused-ring (bicyclic) bond motifs is 6. The van der Waals surface area contributed by atoms with Gasteiger partial charge in [-0.1, -0.05) is 27.7 Å². The molecule has 6 heteroatoms. The monoisotopic (exact) mass is 548 g/mol. The second-order valence-electron chi connectivity index (χ2n) is 13.2. The maximum atomic E-state index is 10.1. The number of rotatable bonds is 2. The van der Waals surface area contributed by atoms with Crippen LogP contribution in [0.15, 0.2) is 12.1 Å². The highest BCUT2D eigenvalue weighted by Gasteiger charge is 2.58. The van der Waals surface area contributed by atoms with Crippen molar-refractivity contribution in [3.63, 3.8) is 0 Å². The Morgan fingerprint density at radius 2 is 1.20 bits per heavy atom. The average Bonchev–Trinajstić information content (AvgIpc) is 3.27. The first-order valence-electron chi connectivity index (χ1n) is 14.1. The number of nitrogens with zero attached hydrogens (tertiary/aromatic N) is 2. The number of hydrogen-bond donors (Lipinski definition) is 0. The Kier molecular flexibility index (Phi) is 5.56. The molecular weight excluding hydrogens is 512 g/mol. The van der Waals surface area contributed by atoms with E-state index in [-0.39, 0.29) is 16.2 Å². The molecule has 6 nitrogen and oxygen atoms in total. The van der Waals surface area contributed by atoms with Gasteiger partial charge in [0, 0.05) is 5.41 Å². The smallest absolute Gasteiger partial charge is 0.189 e. The van der Waals surface area contributed by atoms with E-state index in [1.165, 1.54) is 22.3 Å². The van der Waals surface area contributed by atoms with Crippen LogP contribution in [0.3, 0.4) is 0 Å². The summed E-state index contributed by atoms with van der Waals surface area (Å²) in [5.74, 6) is 3.37. The van der Waals surface area contributed by atoms with Gasteiger partial charge in [0.2, 0.25) is 0 Å². The van der Waals surface area contributed by atoms with Crippen molar-refractivity contribution in [1.82, 2.24) is 0 Å². The van der Waals surface area contributed by atoms with Gasteiger partial charge in [-0.2, -0.15) is 10.5 Å². The van der Waals surface area contributed by atoms with Gasteiger partial charge in [0.25, 0.3) is 0 Å². The molecule has 0 saturated carbocycles. The van der Waals surface area contributed by atoms with Crippen LogP contribution < -0.4 is 18.9 Å². The molecule has 0 bridgehead atoms. The Balaban J connectivity index is 1.66. The van der Waals surface area contributed by atoms with E-state index in [4.69, 9.17) is 18.9 Å². The maximum Gasteiger partial charge on any atom is 0.189 e. The quantitative estimate of drug-likeness (QED) is 0.251. The third kappa shape index (κ3) is 3.28. The number of hydrogen-bond acceptors (Lipinski definition) is 6. The Bertz CT molecular complexity index is 1780. The zero-order valence-corrected chi connectivity index (χ0v) is 25.6. The molecule has 0 saturated heterocycles. The van der Waals surface area contributed by atoms with Gasteiger partial charge in [-0.15, -0.1) is 0 Å². The Morgan fingerprint density at radius 1 is 0.683 bits per heavy atom. The van der Waals surface area contributed by atoms with E-state index < -0.39 is 0 Å². The van der Waals surface area contributed by atoms with E-state index in [2.05, 4.69) is 65.8 Å². The van der Waals surface area contributed by atoms with Crippen molar-refractivity contribution in [1.29, 1.82) is 10.5 Å². The van der Waals surface area contributed by atoms with Crippen LogP contribution in [0.25, 0.3) is 0 Å².